The van der Waals surface area contributed by atoms with E-state index in [4.69, 9.17) is 4.99 Å². The fourth-order valence-corrected chi connectivity index (χ4v) is 3.45. The van der Waals surface area contributed by atoms with E-state index in [1.54, 1.807) is 0 Å². The number of nitrogens with zero attached hydrogens (tertiary/aromatic N) is 3. The Hall–Kier alpha value is -0.410. The van der Waals surface area contributed by atoms with Crippen molar-refractivity contribution in [3.63, 3.8) is 0 Å². The second-order valence-electron chi connectivity index (χ2n) is 5.87. The van der Waals surface area contributed by atoms with Crippen LogP contribution in [0.25, 0.3) is 0 Å². The van der Waals surface area contributed by atoms with Crippen LogP contribution < -0.4 is 10.6 Å². The van der Waals surface area contributed by atoms with Gasteiger partial charge in [0, 0.05) is 43.2 Å². The van der Waals surface area contributed by atoms with Gasteiger partial charge in [-0.2, -0.15) is 0 Å². The minimum Gasteiger partial charge on any atom is -0.357 e. The molecule has 1 aliphatic rings. The molecule has 0 atom stereocenters. The number of hydrogen-bond donors (Lipinski definition) is 2. The van der Waals surface area contributed by atoms with Crippen LogP contribution in [0.3, 0.4) is 0 Å². The first-order valence-electron chi connectivity index (χ1n) is 8.96. The molecule has 138 valence electrons. The number of thiazole rings is 1. The zero-order valence-electron chi connectivity index (χ0n) is 15.2. The fourth-order valence-electron chi connectivity index (χ4n) is 2.59. The summed E-state index contributed by atoms with van der Waals surface area (Å²) in [7, 11) is 0. The van der Waals surface area contributed by atoms with Crippen LogP contribution in [0.5, 0.6) is 0 Å². The van der Waals surface area contributed by atoms with E-state index in [-0.39, 0.29) is 24.0 Å². The van der Waals surface area contributed by atoms with Gasteiger partial charge in [0.05, 0.1) is 11.6 Å². The van der Waals surface area contributed by atoms with E-state index in [1.807, 2.05) is 17.5 Å². The zero-order valence-corrected chi connectivity index (χ0v) is 18.3. The number of guanidine groups is 1. The molecule has 7 heteroatoms. The van der Waals surface area contributed by atoms with E-state index in [0.717, 1.165) is 57.6 Å². The fraction of sp³-hybridized carbons (Fsp3) is 0.765. The Morgan fingerprint density at radius 2 is 2.12 bits per heavy atom. The van der Waals surface area contributed by atoms with Gasteiger partial charge in [-0.15, -0.1) is 35.3 Å². The third-order valence-corrected chi connectivity index (χ3v) is 5.25. The van der Waals surface area contributed by atoms with Crippen molar-refractivity contribution in [3.8, 4) is 0 Å². The van der Waals surface area contributed by atoms with E-state index >= 15 is 0 Å². The van der Waals surface area contributed by atoms with Crippen molar-refractivity contribution in [1.29, 1.82) is 0 Å². The molecule has 5 nitrogen and oxygen atoms in total. The van der Waals surface area contributed by atoms with Crippen LogP contribution in [0, 0.1) is 0 Å². The highest BCUT2D eigenvalue weighted by atomic mass is 127. The smallest absolute Gasteiger partial charge is 0.191 e. The summed E-state index contributed by atoms with van der Waals surface area (Å²) in [6.07, 6.45) is 6.76. The molecule has 0 unspecified atom stereocenters. The number of aliphatic imine (C=N–C) groups is 1. The Balaban J connectivity index is 0.00000288. The lowest BCUT2D eigenvalue weighted by Crippen LogP contribution is -2.39. The number of halogens is 1. The van der Waals surface area contributed by atoms with Crippen molar-refractivity contribution in [3.05, 3.63) is 16.1 Å². The average molecular weight is 465 g/mol. The topological polar surface area (TPSA) is 52.6 Å². The Labute approximate surface area is 167 Å². The highest BCUT2D eigenvalue weighted by Crippen LogP contribution is 2.25. The van der Waals surface area contributed by atoms with Gasteiger partial charge in [-0.3, -0.25) is 9.89 Å². The van der Waals surface area contributed by atoms with E-state index in [9.17, 15) is 0 Å². The average Bonchev–Trinajstić information content (AvgIpc) is 3.30. The lowest BCUT2D eigenvalue weighted by molar-refractivity contribution is 0.286. The van der Waals surface area contributed by atoms with Gasteiger partial charge in [-0.1, -0.05) is 13.8 Å². The van der Waals surface area contributed by atoms with Crippen LogP contribution in [-0.4, -0.2) is 54.6 Å². The van der Waals surface area contributed by atoms with Gasteiger partial charge in [-0.05, 0) is 32.7 Å². The Bertz CT molecular complexity index is 487. The molecule has 1 aromatic rings. The van der Waals surface area contributed by atoms with E-state index < -0.39 is 0 Å². The first kappa shape index (κ1) is 21.6. The molecule has 2 N–H and O–H groups in total. The SMILES string of the molecule is CCNC(=NCCN(CC)C1CC1)NCCc1ncc(CC)s1.I. The van der Waals surface area contributed by atoms with E-state index in [0.29, 0.717) is 0 Å². The summed E-state index contributed by atoms with van der Waals surface area (Å²) >= 11 is 1.81. The predicted octanol–water partition coefficient (Wildman–Crippen LogP) is 2.91. The number of aryl methyl sites for hydroxylation is 1. The minimum absolute atomic E-state index is 0. The van der Waals surface area contributed by atoms with Crippen LogP contribution in [-0.2, 0) is 12.8 Å². The molecule has 1 fully saturated rings. The van der Waals surface area contributed by atoms with Crippen molar-refractivity contribution in [2.75, 3.05) is 32.7 Å². The van der Waals surface area contributed by atoms with Crippen molar-refractivity contribution in [2.45, 2.75) is 52.5 Å². The summed E-state index contributed by atoms with van der Waals surface area (Å²) in [6.45, 7) is 11.3. The normalized spacial score (nSPS) is 14.6. The monoisotopic (exact) mass is 465 g/mol. The van der Waals surface area contributed by atoms with Gasteiger partial charge >= 0.3 is 0 Å². The molecule has 0 aliphatic heterocycles. The Morgan fingerprint density at radius 3 is 2.71 bits per heavy atom. The standard InChI is InChI=1S/C17H31N5S.HI/c1-4-15-13-21-16(23-15)9-10-19-17(18-5-2)20-11-12-22(6-3)14-7-8-14;/h13-14H,4-12H2,1-3H3,(H2,18,19,20);1H. The van der Waals surface area contributed by atoms with Gasteiger partial charge in [0.15, 0.2) is 5.96 Å². The molecule has 1 heterocycles. The number of aromatic nitrogens is 1. The number of likely N-dealkylation sites (N-methyl/N-ethyl adjacent to an activating group) is 1. The summed E-state index contributed by atoms with van der Waals surface area (Å²) in [5.74, 6) is 0.923. The van der Waals surface area contributed by atoms with Crippen LogP contribution >= 0.6 is 35.3 Å². The minimum atomic E-state index is 0. The number of nitrogens with one attached hydrogen (secondary N) is 2. The van der Waals surface area contributed by atoms with Crippen molar-refractivity contribution >= 4 is 41.3 Å². The Morgan fingerprint density at radius 1 is 1.33 bits per heavy atom. The molecule has 2 rings (SSSR count). The lowest BCUT2D eigenvalue weighted by atomic mass is 10.4. The van der Waals surface area contributed by atoms with Crippen LogP contribution in [0.15, 0.2) is 11.2 Å². The summed E-state index contributed by atoms with van der Waals surface area (Å²) in [4.78, 5) is 13.1. The van der Waals surface area contributed by atoms with Crippen LogP contribution in [0.2, 0.25) is 0 Å². The van der Waals surface area contributed by atoms with Gasteiger partial charge in [0.2, 0.25) is 0 Å². The second-order valence-corrected chi connectivity index (χ2v) is 7.07. The molecule has 0 bridgehead atoms. The molecule has 1 aliphatic carbocycles. The largest absolute Gasteiger partial charge is 0.357 e. The van der Waals surface area contributed by atoms with Crippen molar-refractivity contribution in [2.24, 2.45) is 4.99 Å². The maximum atomic E-state index is 4.70. The van der Waals surface area contributed by atoms with Crippen LogP contribution in [0.4, 0.5) is 0 Å². The molecule has 24 heavy (non-hydrogen) atoms. The van der Waals surface area contributed by atoms with Crippen LogP contribution in [0.1, 0.15) is 43.5 Å². The molecule has 0 aromatic carbocycles. The molecule has 0 radical (unpaired) electrons. The molecule has 0 spiro atoms. The second kappa shape index (κ2) is 12.0. The maximum absolute atomic E-state index is 4.70. The first-order valence-corrected chi connectivity index (χ1v) is 9.78. The third-order valence-electron chi connectivity index (χ3n) is 4.05. The maximum Gasteiger partial charge on any atom is 0.191 e. The number of rotatable bonds is 10. The predicted molar refractivity (Wildman–Crippen MR) is 115 cm³/mol. The summed E-state index contributed by atoms with van der Waals surface area (Å²) in [5, 5.41) is 7.95. The van der Waals surface area contributed by atoms with Crippen molar-refractivity contribution < 1.29 is 0 Å². The first-order chi connectivity index (χ1) is 11.3. The highest BCUT2D eigenvalue weighted by Gasteiger charge is 2.27. The van der Waals surface area contributed by atoms with Crippen molar-refractivity contribution in [1.82, 2.24) is 20.5 Å². The molecule has 1 saturated carbocycles. The molecular formula is C17H32IN5S. The summed E-state index contributed by atoms with van der Waals surface area (Å²) in [5.41, 5.74) is 0. The molecule has 0 saturated heterocycles. The van der Waals surface area contributed by atoms with Gasteiger partial charge in [0.1, 0.15) is 0 Å². The van der Waals surface area contributed by atoms with Gasteiger partial charge in [0.25, 0.3) is 0 Å². The summed E-state index contributed by atoms with van der Waals surface area (Å²) < 4.78 is 0. The van der Waals surface area contributed by atoms with Gasteiger partial charge < -0.3 is 10.6 Å². The summed E-state index contributed by atoms with van der Waals surface area (Å²) in [6, 6.07) is 0.823. The molecular weight excluding hydrogens is 433 g/mol. The number of hydrogen-bond acceptors (Lipinski definition) is 4. The molecule has 0 amide bonds. The quantitative estimate of drug-likeness (QED) is 0.317. The lowest BCUT2D eigenvalue weighted by Gasteiger charge is -2.18. The third kappa shape index (κ3) is 7.65. The molecule has 1 aromatic heterocycles. The van der Waals surface area contributed by atoms with E-state index in [2.05, 4.69) is 41.3 Å². The highest BCUT2D eigenvalue weighted by molar-refractivity contribution is 14.0. The Kier molecular flexibility index (Phi) is 10.8. The van der Waals surface area contributed by atoms with Gasteiger partial charge in [-0.25, -0.2) is 4.98 Å². The zero-order chi connectivity index (χ0) is 16.5. The van der Waals surface area contributed by atoms with E-state index in [1.165, 1.54) is 22.7 Å².